The molecule has 0 spiro atoms. The van der Waals surface area contributed by atoms with Crippen LogP contribution < -0.4 is 15.2 Å². The Morgan fingerprint density at radius 2 is 1.67 bits per heavy atom. The van der Waals surface area contributed by atoms with E-state index in [0.29, 0.717) is 0 Å². The second kappa shape index (κ2) is 10.5. The van der Waals surface area contributed by atoms with Crippen LogP contribution in [0.25, 0.3) is 0 Å². The number of hydrogen-bond acceptors (Lipinski definition) is 3. The van der Waals surface area contributed by atoms with Gasteiger partial charge in [0.1, 0.15) is 0 Å². The van der Waals surface area contributed by atoms with Crippen molar-refractivity contribution in [3.8, 4) is 11.5 Å². The fourth-order valence-corrected chi connectivity index (χ4v) is 2.33. The minimum Gasteiger partial charge on any atom is -0.493 e. The molecule has 0 amide bonds. The molecule has 1 aromatic rings. The summed E-state index contributed by atoms with van der Waals surface area (Å²) in [6.07, 6.45) is 9.03. The number of hydrogen-bond donors (Lipinski definition) is 1. The molecule has 0 aliphatic heterocycles. The van der Waals surface area contributed by atoms with Gasteiger partial charge in [0.2, 0.25) is 0 Å². The summed E-state index contributed by atoms with van der Waals surface area (Å²) in [6, 6.07) is 5.94. The van der Waals surface area contributed by atoms with Crippen molar-refractivity contribution >= 4 is 0 Å². The van der Waals surface area contributed by atoms with Crippen LogP contribution in [-0.2, 0) is 0 Å². The van der Waals surface area contributed by atoms with Crippen LogP contribution in [0.2, 0.25) is 0 Å². The van der Waals surface area contributed by atoms with Crippen molar-refractivity contribution in [2.75, 3.05) is 13.7 Å². The van der Waals surface area contributed by atoms with E-state index in [-0.39, 0.29) is 6.04 Å². The number of unbranched alkanes of at least 4 members (excludes halogenated alkanes) is 6. The third-order valence-corrected chi connectivity index (χ3v) is 3.72. The molecule has 1 rings (SSSR count). The molecule has 0 saturated carbocycles. The van der Waals surface area contributed by atoms with Gasteiger partial charge in [0.05, 0.1) is 13.7 Å². The van der Waals surface area contributed by atoms with E-state index in [1.165, 1.54) is 38.5 Å². The first-order chi connectivity index (χ1) is 10.2. The van der Waals surface area contributed by atoms with E-state index < -0.39 is 0 Å². The van der Waals surface area contributed by atoms with Gasteiger partial charge in [-0.05, 0) is 31.0 Å². The average molecular weight is 293 g/mol. The lowest BCUT2D eigenvalue weighted by Crippen LogP contribution is -2.06. The van der Waals surface area contributed by atoms with Crippen LogP contribution in [0.3, 0.4) is 0 Å². The maximum Gasteiger partial charge on any atom is 0.161 e. The Morgan fingerprint density at radius 1 is 1.00 bits per heavy atom. The summed E-state index contributed by atoms with van der Waals surface area (Å²) in [5.41, 5.74) is 6.95. The second-order valence-electron chi connectivity index (χ2n) is 5.67. The molecular weight excluding hydrogens is 262 g/mol. The molecule has 21 heavy (non-hydrogen) atoms. The molecule has 0 aliphatic rings. The van der Waals surface area contributed by atoms with Gasteiger partial charge in [-0.2, -0.15) is 0 Å². The Balaban J connectivity index is 2.28. The van der Waals surface area contributed by atoms with Crippen molar-refractivity contribution in [3.63, 3.8) is 0 Å². The van der Waals surface area contributed by atoms with Gasteiger partial charge in [0, 0.05) is 6.04 Å². The van der Waals surface area contributed by atoms with Gasteiger partial charge in [-0.3, -0.25) is 0 Å². The number of nitrogens with two attached hydrogens (primary N) is 1. The Hall–Kier alpha value is -1.22. The predicted octanol–water partition coefficient (Wildman–Crippen LogP) is 4.84. The molecule has 3 nitrogen and oxygen atoms in total. The second-order valence-corrected chi connectivity index (χ2v) is 5.67. The van der Waals surface area contributed by atoms with E-state index in [1.807, 2.05) is 25.1 Å². The van der Waals surface area contributed by atoms with Crippen LogP contribution >= 0.6 is 0 Å². The maximum atomic E-state index is 5.88. The topological polar surface area (TPSA) is 44.5 Å². The van der Waals surface area contributed by atoms with Crippen molar-refractivity contribution in [2.45, 2.75) is 64.8 Å². The lowest BCUT2D eigenvalue weighted by molar-refractivity contribution is 0.284. The highest BCUT2D eigenvalue weighted by Gasteiger charge is 2.07. The van der Waals surface area contributed by atoms with Gasteiger partial charge in [-0.25, -0.2) is 0 Å². The summed E-state index contributed by atoms with van der Waals surface area (Å²) in [4.78, 5) is 0. The van der Waals surface area contributed by atoms with Gasteiger partial charge in [-0.1, -0.05) is 51.5 Å². The van der Waals surface area contributed by atoms with Crippen molar-refractivity contribution in [2.24, 2.45) is 5.73 Å². The fraction of sp³-hybridized carbons (Fsp3) is 0.667. The Morgan fingerprint density at radius 3 is 2.29 bits per heavy atom. The highest BCUT2D eigenvalue weighted by atomic mass is 16.5. The zero-order chi connectivity index (χ0) is 15.5. The molecule has 0 fully saturated rings. The maximum absolute atomic E-state index is 5.88. The highest BCUT2D eigenvalue weighted by molar-refractivity contribution is 5.43. The predicted molar refractivity (Wildman–Crippen MR) is 89.1 cm³/mol. The van der Waals surface area contributed by atoms with Crippen LogP contribution in [0.4, 0.5) is 0 Å². The fourth-order valence-electron chi connectivity index (χ4n) is 2.33. The normalized spacial score (nSPS) is 12.2. The van der Waals surface area contributed by atoms with Crippen LogP contribution in [0.1, 0.15) is 70.4 Å². The molecule has 0 aromatic heterocycles. The van der Waals surface area contributed by atoms with Crippen LogP contribution in [0, 0.1) is 0 Å². The lowest BCUT2D eigenvalue weighted by atomic mass is 10.1. The molecule has 0 bridgehead atoms. The van der Waals surface area contributed by atoms with Crippen LogP contribution in [0.5, 0.6) is 11.5 Å². The Kier molecular flexibility index (Phi) is 8.91. The first-order valence-corrected chi connectivity index (χ1v) is 8.25. The standard InChI is InChI=1S/C18H31NO2/c1-4-5-6-7-8-9-10-13-21-17-12-11-16(15(2)19)14-18(17)20-3/h11-12,14-15H,4-10,13,19H2,1-3H3/t15-/m1/s1. The molecule has 0 unspecified atom stereocenters. The largest absolute Gasteiger partial charge is 0.493 e. The third kappa shape index (κ3) is 6.85. The summed E-state index contributed by atoms with van der Waals surface area (Å²) in [6.45, 7) is 4.97. The highest BCUT2D eigenvalue weighted by Crippen LogP contribution is 2.30. The van der Waals surface area contributed by atoms with Crippen LogP contribution in [-0.4, -0.2) is 13.7 Å². The SMILES string of the molecule is CCCCCCCCCOc1ccc([C@@H](C)N)cc1OC. The van der Waals surface area contributed by atoms with E-state index in [9.17, 15) is 0 Å². The van der Waals surface area contributed by atoms with Gasteiger partial charge in [-0.15, -0.1) is 0 Å². The lowest BCUT2D eigenvalue weighted by Gasteiger charge is -2.13. The molecule has 3 heteroatoms. The van der Waals surface area contributed by atoms with E-state index in [2.05, 4.69) is 6.92 Å². The van der Waals surface area contributed by atoms with Crippen molar-refractivity contribution < 1.29 is 9.47 Å². The third-order valence-electron chi connectivity index (χ3n) is 3.72. The first-order valence-electron chi connectivity index (χ1n) is 8.25. The monoisotopic (exact) mass is 293 g/mol. The van der Waals surface area contributed by atoms with Gasteiger partial charge < -0.3 is 15.2 Å². The quantitative estimate of drug-likeness (QED) is 0.593. The van der Waals surface area contributed by atoms with E-state index in [4.69, 9.17) is 15.2 Å². The van der Waals surface area contributed by atoms with Gasteiger partial charge in [0.15, 0.2) is 11.5 Å². The minimum absolute atomic E-state index is 0.0103. The summed E-state index contributed by atoms with van der Waals surface area (Å²) < 4.78 is 11.2. The molecule has 0 aliphatic carbocycles. The summed E-state index contributed by atoms with van der Waals surface area (Å²) in [5, 5.41) is 0. The Labute approximate surface area is 129 Å². The minimum atomic E-state index is 0.0103. The van der Waals surface area contributed by atoms with E-state index in [1.54, 1.807) is 7.11 Å². The summed E-state index contributed by atoms with van der Waals surface area (Å²) in [5.74, 6) is 1.58. The number of methoxy groups -OCH3 is 1. The summed E-state index contributed by atoms with van der Waals surface area (Å²) in [7, 11) is 1.67. The molecule has 0 heterocycles. The molecule has 120 valence electrons. The van der Waals surface area contributed by atoms with Gasteiger partial charge >= 0.3 is 0 Å². The molecular formula is C18H31NO2. The van der Waals surface area contributed by atoms with Crippen molar-refractivity contribution in [1.82, 2.24) is 0 Å². The number of benzene rings is 1. The molecule has 1 aromatic carbocycles. The number of ether oxygens (including phenoxy) is 2. The molecule has 1 atom stereocenters. The van der Waals surface area contributed by atoms with E-state index >= 15 is 0 Å². The van der Waals surface area contributed by atoms with Crippen LogP contribution in [0.15, 0.2) is 18.2 Å². The van der Waals surface area contributed by atoms with Gasteiger partial charge in [0.25, 0.3) is 0 Å². The number of rotatable bonds is 11. The van der Waals surface area contributed by atoms with Crippen molar-refractivity contribution in [1.29, 1.82) is 0 Å². The molecule has 0 saturated heterocycles. The zero-order valence-electron chi connectivity index (χ0n) is 13.9. The average Bonchev–Trinajstić information content (AvgIpc) is 2.49. The molecule has 2 N–H and O–H groups in total. The smallest absolute Gasteiger partial charge is 0.161 e. The summed E-state index contributed by atoms with van der Waals surface area (Å²) >= 11 is 0. The zero-order valence-corrected chi connectivity index (χ0v) is 13.9. The van der Waals surface area contributed by atoms with Crippen molar-refractivity contribution in [3.05, 3.63) is 23.8 Å². The van der Waals surface area contributed by atoms with E-state index in [0.717, 1.165) is 30.1 Å². The Bertz CT molecular complexity index is 391. The molecule has 0 radical (unpaired) electrons. The first kappa shape index (κ1) is 17.8.